The first kappa shape index (κ1) is 22.6. The lowest BCUT2D eigenvalue weighted by Crippen LogP contribution is -2.30. The molecule has 3 aromatic heterocycles. The van der Waals surface area contributed by atoms with Gasteiger partial charge in [0.05, 0.1) is 25.0 Å². The van der Waals surface area contributed by atoms with Crippen LogP contribution in [0.2, 0.25) is 0 Å². The molecule has 0 fully saturated rings. The van der Waals surface area contributed by atoms with E-state index in [1.807, 2.05) is 34.0 Å². The number of fused-ring (bicyclic) bond motifs is 1. The molecule has 1 aliphatic heterocycles. The molecule has 8 nitrogen and oxygen atoms in total. The molecule has 0 amide bonds. The van der Waals surface area contributed by atoms with Crippen LogP contribution in [0.4, 0.5) is 5.13 Å². The summed E-state index contributed by atoms with van der Waals surface area (Å²) in [5.74, 6) is 0. The monoisotopic (exact) mass is 497 g/mol. The molecule has 0 atom stereocenters. The van der Waals surface area contributed by atoms with Crippen molar-refractivity contribution < 1.29 is 4.74 Å². The second-order valence-electron chi connectivity index (χ2n) is 8.92. The van der Waals surface area contributed by atoms with E-state index in [0.717, 1.165) is 48.0 Å². The van der Waals surface area contributed by atoms with Crippen LogP contribution in [-0.2, 0) is 30.7 Å². The van der Waals surface area contributed by atoms with Gasteiger partial charge in [0.25, 0.3) is 0 Å². The lowest BCUT2D eigenvalue weighted by molar-refractivity contribution is 0.183. The number of hydrogen-bond acceptors (Lipinski definition) is 7. The van der Waals surface area contributed by atoms with Gasteiger partial charge in [0.1, 0.15) is 5.69 Å². The van der Waals surface area contributed by atoms with Crippen molar-refractivity contribution in [2.24, 2.45) is 0 Å². The number of aromatic nitrogens is 6. The number of methoxy groups -OCH3 is 1. The zero-order valence-electron chi connectivity index (χ0n) is 20.1. The minimum absolute atomic E-state index is 0.619. The van der Waals surface area contributed by atoms with E-state index in [1.54, 1.807) is 24.6 Å². The first-order chi connectivity index (χ1) is 17.7. The molecule has 36 heavy (non-hydrogen) atoms. The average molecular weight is 498 g/mol. The Morgan fingerprint density at radius 1 is 1.08 bits per heavy atom. The molecule has 4 heterocycles. The topological polar surface area (TPSA) is 73.9 Å². The van der Waals surface area contributed by atoms with Gasteiger partial charge in [-0.15, -0.1) is 16.4 Å². The number of hydrogen-bond donors (Lipinski definition) is 0. The van der Waals surface area contributed by atoms with Crippen LogP contribution >= 0.6 is 11.3 Å². The summed E-state index contributed by atoms with van der Waals surface area (Å²) in [6.07, 6.45) is 9.64. The van der Waals surface area contributed by atoms with Gasteiger partial charge in [-0.3, -0.25) is 0 Å². The van der Waals surface area contributed by atoms with Crippen molar-refractivity contribution >= 4 is 16.5 Å². The SMILES string of the molecule is COCCn1cc(-c2ccc3c(c2)CN(c2ncc(Cc4cccc(-n5cccn5)c4)s2)CC3)nn1. The maximum atomic E-state index is 5.14. The quantitative estimate of drug-likeness (QED) is 0.317. The Bertz CT molecular complexity index is 1460. The van der Waals surface area contributed by atoms with Crippen molar-refractivity contribution in [3.63, 3.8) is 0 Å². The number of benzene rings is 2. The lowest BCUT2D eigenvalue weighted by atomic mass is 9.97. The van der Waals surface area contributed by atoms with Crippen molar-refractivity contribution in [3.05, 3.63) is 94.9 Å². The van der Waals surface area contributed by atoms with Gasteiger partial charge in [0.2, 0.25) is 0 Å². The molecule has 0 saturated carbocycles. The predicted molar refractivity (Wildman–Crippen MR) is 141 cm³/mol. The smallest absolute Gasteiger partial charge is 0.185 e. The van der Waals surface area contributed by atoms with Crippen LogP contribution < -0.4 is 4.90 Å². The molecule has 0 radical (unpaired) electrons. The number of rotatable bonds is 8. The van der Waals surface area contributed by atoms with E-state index in [-0.39, 0.29) is 0 Å². The Hall–Kier alpha value is -3.82. The van der Waals surface area contributed by atoms with Gasteiger partial charge in [0, 0.05) is 55.7 Å². The molecule has 6 rings (SSSR count). The molecule has 0 bridgehead atoms. The van der Waals surface area contributed by atoms with E-state index < -0.39 is 0 Å². The van der Waals surface area contributed by atoms with Crippen LogP contribution in [-0.4, -0.2) is 50.0 Å². The molecule has 0 spiro atoms. The molecule has 2 aromatic carbocycles. The van der Waals surface area contributed by atoms with Crippen LogP contribution in [0.1, 0.15) is 21.6 Å². The minimum Gasteiger partial charge on any atom is -0.383 e. The number of ether oxygens (including phenoxy) is 1. The van der Waals surface area contributed by atoms with E-state index in [2.05, 4.69) is 62.8 Å². The number of thiazole rings is 1. The first-order valence-corrected chi connectivity index (χ1v) is 12.9. The van der Waals surface area contributed by atoms with Crippen molar-refractivity contribution in [3.8, 4) is 16.9 Å². The Morgan fingerprint density at radius 2 is 2.06 bits per heavy atom. The highest BCUT2D eigenvalue weighted by Gasteiger charge is 2.20. The highest BCUT2D eigenvalue weighted by molar-refractivity contribution is 7.15. The third kappa shape index (κ3) is 4.80. The largest absolute Gasteiger partial charge is 0.383 e. The van der Waals surface area contributed by atoms with Crippen molar-refractivity contribution in [2.75, 3.05) is 25.2 Å². The highest BCUT2D eigenvalue weighted by Crippen LogP contribution is 2.31. The molecular weight excluding hydrogens is 470 g/mol. The third-order valence-corrected chi connectivity index (χ3v) is 7.51. The second kappa shape index (κ2) is 10.0. The second-order valence-corrected chi connectivity index (χ2v) is 10.0. The van der Waals surface area contributed by atoms with Gasteiger partial charge in [-0.25, -0.2) is 14.3 Å². The van der Waals surface area contributed by atoms with E-state index >= 15 is 0 Å². The van der Waals surface area contributed by atoms with Gasteiger partial charge >= 0.3 is 0 Å². The average Bonchev–Trinajstić information content (AvgIpc) is 3.69. The van der Waals surface area contributed by atoms with Crippen LogP contribution in [0.5, 0.6) is 0 Å². The number of nitrogens with zero attached hydrogens (tertiary/aromatic N) is 7. The lowest BCUT2D eigenvalue weighted by Gasteiger charge is -2.28. The van der Waals surface area contributed by atoms with E-state index in [4.69, 9.17) is 9.72 Å². The Labute approximate surface area is 213 Å². The van der Waals surface area contributed by atoms with Gasteiger partial charge in [-0.1, -0.05) is 29.5 Å². The van der Waals surface area contributed by atoms with Gasteiger partial charge < -0.3 is 9.64 Å². The fourth-order valence-corrected chi connectivity index (χ4v) is 5.53. The fraction of sp³-hybridized carbons (Fsp3) is 0.259. The summed E-state index contributed by atoms with van der Waals surface area (Å²) in [4.78, 5) is 8.43. The molecule has 0 unspecified atom stereocenters. The summed E-state index contributed by atoms with van der Waals surface area (Å²) in [7, 11) is 1.69. The van der Waals surface area contributed by atoms with E-state index in [9.17, 15) is 0 Å². The fourth-order valence-electron chi connectivity index (χ4n) is 4.56. The highest BCUT2D eigenvalue weighted by atomic mass is 32.1. The molecular formula is C27H27N7OS. The standard InChI is InChI=1S/C27H27N7OS/c1-35-13-12-33-19-26(30-31-33)22-7-6-21-8-11-32(18-23(21)16-22)27-28-17-25(36-27)15-20-4-2-5-24(14-20)34-10-3-9-29-34/h2-7,9-10,14,16-17,19H,8,11-13,15,18H2,1H3. The molecule has 5 aromatic rings. The molecule has 0 saturated heterocycles. The Morgan fingerprint density at radius 3 is 2.94 bits per heavy atom. The van der Waals surface area contributed by atoms with Crippen LogP contribution in [0, 0.1) is 0 Å². The summed E-state index contributed by atoms with van der Waals surface area (Å²) in [6.45, 7) is 3.14. The van der Waals surface area contributed by atoms with Crippen molar-refractivity contribution in [1.82, 2.24) is 29.8 Å². The number of anilines is 1. The zero-order chi connectivity index (χ0) is 24.3. The normalized spacial score (nSPS) is 13.2. The van der Waals surface area contributed by atoms with Crippen LogP contribution in [0.15, 0.2) is 73.3 Å². The van der Waals surface area contributed by atoms with Gasteiger partial charge in [-0.05, 0) is 47.4 Å². The summed E-state index contributed by atoms with van der Waals surface area (Å²) < 4.78 is 8.86. The zero-order valence-corrected chi connectivity index (χ0v) is 20.9. The molecule has 1 aliphatic rings. The van der Waals surface area contributed by atoms with E-state index in [1.165, 1.54) is 21.6 Å². The molecule has 182 valence electrons. The molecule has 9 heteroatoms. The maximum absolute atomic E-state index is 5.14. The van der Waals surface area contributed by atoms with Gasteiger partial charge in [0.15, 0.2) is 5.13 Å². The van der Waals surface area contributed by atoms with E-state index in [0.29, 0.717) is 13.2 Å². The van der Waals surface area contributed by atoms with Crippen molar-refractivity contribution in [1.29, 1.82) is 0 Å². The molecule has 0 aliphatic carbocycles. The Balaban J connectivity index is 1.16. The Kier molecular flexibility index (Phi) is 6.31. The third-order valence-electron chi connectivity index (χ3n) is 6.45. The summed E-state index contributed by atoms with van der Waals surface area (Å²) in [5.41, 5.74) is 7.04. The predicted octanol–water partition coefficient (Wildman–Crippen LogP) is 4.39. The first-order valence-electron chi connectivity index (χ1n) is 12.0. The summed E-state index contributed by atoms with van der Waals surface area (Å²) in [5, 5.41) is 14.0. The van der Waals surface area contributed by atoms with Gasteiger partial charge in [-0.2, -0.15) is 5.10 Å². The molecule has 0 N–H and O–H groups in total. The maximum Gasteiger partial charge on any atom is 0.185 e. The summed E-state index contributed by atoms with van der Waals surface area (Å²) in [6, 6.07) is 17.1. The van der Waals surface area contributed by atoms with Crippen molar-refractivity contribution in [2.45, 2.75) is 25.9 Å². The van der Waals surface area contributed by atoms with Crippen LogP contribution in [0.25, 0.3) is 16.9 Å². The minimum atomic E-state index is 0.619. The summed E-state index contributed by atoms with van der Waals surface area (Å²) >= 11 is 1.78. The van der Waals surface area contributed by atoms with Crippen LogP contribution in [0.3, 0.4) is 0 Å².